The van der Waals surface area contributed by atoms with E-state index in [1.54, 1.807) is 19.2 Å². The number of benzene rings is 2. The van der Waals surface area contributed by atoms with E-state index in [1.165, 1.54) is 12.1 Å². The van der Waals surface area contributed by atoms with Gasteiger partial charge >= 0.3 is 0 Å². The van der Waals surface area contributed by atoms with Crippen LogP contribution in [-0.2, 0) is 6.42 Å². The lowest BCUT2D eigenvalue weighted by atomic mass is 10.1. The summed E-state index contributed by atoms with van der Waals surface area (Å²) in [5, 5.41) is 0. The number of nitrogens with zero attached hydrogens (tertiary/aromatic N) is 1. The number of halogens is 1. The van der Waals surface area contributed by atoms with E-state index in [0.717, 1.165) is 11.3 Å². The fourth-order valence-corrected chi connectivity index (χ4v) is 2.63. The third-order valence-electron chi connectivity index (χ3n) is 3.69. The number of rotatable bonds is 2. The second kappa shape index (κ2) is 4.87. The first-order valence-electron chi connectivity index (χ1n) is 6.93. The highest BCUT2D eigenvalue weighted by molar-refractivity contribution is 5.60. The lowest BCUT2D eigenvalue weighted by molar-refractivity contribution is 0.366. The molecule has 1 aliphatic rings. The molecule has 0 fully saturated rings. The number of H-pyrrole nitrogens is 1. The van der Waals surface area contributed by atoms with Gasteiger partial charge in [0.15, 0.2) is 11.5 Å². The number of hydrogen-bond acceptors (Lipinski definition) is 3. The monoisotopic (exact) mass is 296 g/mol. The first-order valence-corrected chi connectivity index (χ1v) is 6.93. The fourth-order valence-electron chi connectivity index (χ4n) is 2.63. The molecule has 0 saturated heterocycles. The SMILES string of the molecule is COc1cccc2c1Oc1nc(-c3cccc(F)c3)[nH]c1C2. The first kappa shape index (κ1) is 12.9. The van der Waals surface area contributed by atoms with E-state index in [0.29, 0.717) is 35.2 Å². The Hall–Kier alpha value is -2.82. The average molecular weight is 296 g/mol. The minimum Gasteiger partial charge on any atom is -0.493 e. The Morgan fingerprint density at radius 2 is 2.09 bits per heavy atom. The molecule has 4 rings (SSSR count). The molecule has 110 valence electrons. The van der Waals surface area contributed by atoms with Crippen molar-refractivity contribution in [2.75, 3.05) is 7.11 Å². The maximum Gasteiger partial charge on any atom is 0.241 e. The standard InChI is InChI=1S/C17H13FN2O2/c1-21-14-7-3-4-10-9-13-17(22-15(10)14)20-16(19-13)11-5-2-6-12(18)8-11/h2-8H,9H2,1H3,(H,19,20). The van der Waals surface area contributed by atoms with Crippen LogP contribution in [0.15, 0.2) is 42.5 Å². The molecule has 0 amide bonds. The van der Waals surface area contributed by atoms with Crippen molar-refractivity contribution in [1.29, 1.82) is 0 Å². The summed E-state index contributed by atoms with van der Waals surface area (Å²) in [5.74, 6) is 2.18. The summed E-state index contributed by atoms with van der Waals surface area (Å²) in [6.45, 7) is 0. The molecule has 3 aromatic rings. The van der Waals surface area contributed by atoms with E-state index in [4.69, 9.17) is 9.47 Å². The Labute approximate surface area is 126 Å². The van der Waals surface area contributed by atoms with E-state index in [-0.39, 0.29) is 5.82 Å². The largest absolute Gasteiger partial charge is 0.493 e. The molecule has 2 aromatic carbocycles. The number of methoxy groups -OCH3 is 1. The predicted molar refractivity (Wildman–Crippen MR) is 79.9 cm³/mol. The van der Waals surface area contributed by atoms with Gasteiger partial charge in [0.25, 0.3) is 0 Å². The van der Waals surface area contributed by atoms with E-state index < -0.39 is 0 Å². The number of ether oxygens (including phenoxy) is 2. The van der Waals surface area contributed by atoms with Crippen LogP contribution in [0.3, 0.4) is 0 Å². The Balaban J connectivity index is 1.76. The van der Waals surface area contributed by atoms with E-state index in [9.17, 15) is 4.39 Å². The maximum absolute atomic E-state index is 13.4. The van der Waals surface area contributed by atoms with Crippen LogP contribution in [0, 0.1) is 5.82 Å². The molecule has 0 bridgehead atoms. The number of para-hydroxylation sites is 1. The molecule has 5 heteroatoms. The predicted octanol–water partition coefficient (Wildman–Crippen LogP) is 3.92. The molecule has 0 atom stereocenters. The van der Waals surface area contributed by atoms with E-state index in [1.807, 2.05) is 18.2 Å². The van der Waals surface area contributed by atoms with Gasteiger partial charge in [-0.2, -0.15) is 4.98 Å². The quantitative estimate of drug-likeness (QED) is 0.610. The normalized spacial score (nSPS) is 12.3. The summed E-state index contributed by atoms with van der Waals surface area (Å²) in [6.07, 6.45) is 0.671. The van der Waals surface area contributed by atoms with Crippen LogP contribution in [-0.4, -0.2) is 17.1 Å². The van der Waals surface area contributed by atoms with Crippen molar-refractivity contribution in [1.82, 2.24) is 9.97 Å². The summed E-state index contributed by atoms with van der Waals surface area (Å²) in [6, 6.07) is 12.1. The molecule has 0 saturated carbocycles. The third kappa shape index (κ3) is 2.02. The van der Waals surface area contributed by atoms with Gasteiger partial charge in [0, 0.05) is 17.5 Å². The minimum atomic E-state index is -0.294. The van der Waals surface area contributed by atoms with E-state index in [2.05, 4.69) is 9.97 Å². The number of nitrogens with one attached hydrogen (secondary N) is 1. The molecule has 0 spiro atoms. The van der Waals surface area contributed by atoms with Gasteiger partial charge in [-0.25, -0.2) is 4.39 Å². The van der Waals surface area contributed by atoms with Crippen LogP contribution in [0.1, 0.15) is 11.3 Å². The summed E-state index contributed by atoms with van der Waals surface area (Å²) >= 11 is 0. The Bertz CT molecular complexity index is 858. The fraction of sp³-hybridized carbons (Fsp3) is 0.118. The molecule has 1 aromatic heterocycles. The number of aromatic amines is 1. The molecular weight excluding hydrogens is 283 g/mol. The molecule has 1 N–H and O–H groups in total. The van der Waals surface area contributed by atoms with Crippen LogP contribution in [0.2, 0.25) is 0 Å². The van der Waals surface area contributed by atoms with Crippen molar-refractivity contribution in [3.63, 3.8) is 0 Å². The lowest BCUT2D eigenvalue weighted by Gasteiger charge is -2.17. The zero-order valence-corrected chi connectivity index (χ0v) is 11.9. The molecule has 4 nitrogen and oxygen atoms in total. The van der Waals surface area contributed by atoms with Gasteiger partial charge in [-0.1, -0.05) is 24.3 Å². The minimum absolute atomic E-state index is 0.294. The van der Waals surface area contributed by atoms with Crippen LogP contribution >= 0.6 is 0 Å². The van der Waals surface area contributed by atoms with Crippen molar-refractivity contribution in [3.8, 4) is 28.8 Å². The lowest BCUT2D eigenvalue weighted by Crippen LogP contribution is -2.04. The van der Waals surface area contributed by atoms with Crippen molar-refractivity contribution in [2.45, 2.75) is 6.42 Å². The number of aromatic nitrogens is 2. The van der Waals surface area contributed by atoms with Gasteiger partial charge in [-0.3, -0.25) is 0 Å². The van der Waals surface area contributed by atoms with Crippen molar-refractivity contribution in [2.24, 2.45) is 0 Å². The van der Waals surface area contributed by atoms with Crippen LogP contribution in [0.4, 0.5) is 4.39 Å². The van der Waals surface area contributed by atoms with Crippen molar-refractivity contribution >= 4 is 0 Å². The molecule has 0 unspecified atom stereocenters. The summed E-state index contributed by atoms with van der Waals surface area (Å²) in [5.41, 5.74) is 2.59. The Kier molecular flexibility index (Phi) is 2.85. The molecule has 2 heterocycles. The summed E-state index contributed by atoms with van der Waals surface area (Å²) in [7, 11) is 1.61. The zero-order chi connectivity index (χ0) is 15.1. The Morgan fingerprint density at radius 3 is 2.91 bits per heavy atom. The Morgan fingerprint density at radius 1 is 1.23 bits per heavy atom. The summed E-state index contributed by atoms with van der Waals surface area (Å²) in [4.78, 5) is 7.65. The average Bonchev–Trinajstić information content (AvgIpc) is 2.95. The first-order chi connectivity index (χ1) is 10.7. The maximum atomic E-state index is 13.4. The van der Waals surface area contributed by atoms with Crippen LogP contribution in [0.25, 0.3) is 11.4 Å². The number of imidazole rings is 1. The zero-order valence-electron chi connectivity index (χ0n) is 11.9. The summed E-state index contributed by atoms with van der Waals surface area (Å²) < 4.78 is 24.6. The smallest absolute Gasteiger partial charge is 0.241 e. The molecular formula is C17H13FN2O2. The topological polar surface area (TPSA) is 47.1 Å². The van der Waals surface area contributed by atoms with Gasteiger partial charge in [-0.15, -0.1) is 0 Å². The van der Waals surface area contributed by atoms with Crippen molar-refractivity contribution < 1.29 is 13.9 Å². The molecule has 0 aliphatic carbocycles. The number of fused-ring (bicyclic) bond motifs is 2. The molecule has 0 radical (unpaired) electrons. The van der Waals surface area contributed by atoms with E-state index >= 15 is 0 Å². The van der Waals surface area contributed by atoms with Crippen LogP contribution < -0.4 is 9.47 Å². The number of hydrogen-bond donors (Lipinski definition) is 1. The highest BCUT2D eigenvalue weighted by Crippen LogP contribution is 2.41. The van der Waals surface area contributed by atoms with Crippen LogP contribution in [0.5, 0.6) is 17.4 Å². The third-order valence-corrected chi connectivity index (χ3v) is 3.69. The van der Waals surface area contributed by atoms with Gasteiger partial charge < -0.3 is 14.5 Å². The highest BCUT2D eigenvalue weighted by Gasteiger charge is 2.24. The highest BCUT2D eigenvalue weighted by atomic mass is 19.1. The van der Waals surface area contributed by atoms with Gasteiger partial charge in [-0.05, 0) is 18.2 Å². The molecule has 1 aliphatic heterocycles. The van der Waals surface area contributed by atoms with Gasteiger partial charge in [0.2, 0.25) is 5.88 Å². The van der Waals surface area contributed by atoms with Gasteiger partial charge in [0.05, 0.1) is 12.8 Å². The second-order valence-corrected chi connectivity index (χ2v) is 5.11. The van der Waals surface area contributed by atoms with Gasteiger partial charge in [0.1, 0.15) is 11.6 Å². The second-order valence-electron chi connectivity index (χ2n) is 5.11. The molecule has 22 heavy (non-hydrogen) atoms. The van der Waals surface area contributed by atoms with Crippen molar-refractivity contribution in [3.05, 3.63) is 59.5 Å².